The molecule has 1 atom stereocenters. The Morgan fingerprint density at radius 1 is 1.38 bits per heavy atom. The molecule has 0 aromatic rings. The molecule has 1 fully saturated rings. The average molecular weight is 249 g/mol. The van der Waals surface area contributed by atoms with Gasteiger partial charge in [0.2, 0.25) is 10.0 Å². The monoisotopic (exact) mass is 249 g/mol. The first-order chi connectivity index (χ1) is 7.01. The van der Waals surface area contributed by atoms with Crippen LogP contribution in [0.25, 0.3) is 0 Å². The number of hydrogen-bond acceptors (Lipinski definition) is 3. The minimum Gasteiger partial charge on any atom is -0.481 e. The fourth-order valence-electron chi connectivity index (χ4n) is 1.69. The van der Waals surface area contributed by atoms with Crippen LogP contribution in [-0.4, -0.2) is 41.6 Å². The van der Waals surface area contributed by atoms with Crippen molar-refractivity contribution in [3.8, 4) is 0 Å². The Bertz CT molecular complexity index is 396. The van der Waals surface area contributed by atoms with Crippen molar-refractivity contribution in [1.29, 1.82) is 0 Å². The number of nitrogens with zero attached hydrogens (tertiary/aromatic N) is 1. The van der Waals surface area contributed by atoms with Crippen molar-refractivity contribution in [2.45, 2.75) is 38.9 Å². The van der Waals surface area contributed by atoms with Crippen molar-refractivity contribution in [3.05, 3.63) is 0 Å². The average Bonchev–Trinajstić information content (AvgIpc) is 2.47. The van der Waals surface area contributed by atoms with Crippen LogP contribution < -0.4 is 0 Å². The number of rotatable bonds is 2. The molecule has 0 radical (unpaired) electrons. The van der Waals surface area contributed by atoms with Crippen molar-refractivity contribution in [1.82, 2.24) is 4.31 Å². The molecular formula is C10H19NO4S. The van der Waals surface area contributed by atoms with Crippen LogP contribution in [0.2, 0.25) is 0 Å². The van der Waals surface area contributed by atoms with E-state index in [9.17, 15) is 13.2 Å². The van der Waals surface area contributed by atoms with Crippen LogP contribution in [0.3, 0.4) is 0 Å². The summed E-state index contributed by atoms with van der Waals surface area (Å²) in [5.74, 6) is -0.931. The Kier molecular flexibility index (Phi) is 3.11. The smallest absolute Gasteiger partial charge is 0.310 e. The third-order valence-electron chi connectivity index (χ3n) is 3.07. The summed E-state index contributed by atoms with van der Waals surface area (Å²) in [4.78, 5) is 11.0. The predicted octanol–water partition coefficient (Wildman–Crippen LogP) is 0.911. The van der Waals surface area contributed by atoms with E-state index in [1.807, 2.05) is 0 Å². The molecule has 0 bridgehead atoms. The number of carboxylic acid groups (broad SMARTS) is 1. The SMILES string of the molecule is CC1(C(=O)O)CCN(S(=O)(=O)C(C)(C)C)C1. The molecule has 1 aliphatic rings. The standard InChI is InChI=1S/C10H19NO4S/c1-9(2,3)16(14,15)11-6-5-10(4,7-11)8(12)13/h5-7H2,1-4H3,(H,12,13). The molecule has 16 heavy (non-hydrogen) atoms. The van der Waals surface area contributed by atoms with Gasteiger partial charge >= 0.3 is 5.97 Å². The molecule has 6 heteroatoms. The van der Waals surface area contributed by atoms with E-state index in [1.54, 1.807) is 27.7 Å². The molecule has 0 aromatic carbocycles. The topological polar surface area (TPSA) is 74.7 Å². The van der Waals surface area contributed by atoms with Gasteiger partial charge in [-0.25, -0.2) is 12.7 Å². The number of hydrogen-bond donors (Lipinski definition) is 1. The Hall–Kier alpha value is -0.620. The summed E-state index contributed by atoms with van der Waals surface area (Å²) in [5.41, 5.74) is -0.946. The first-order valence-electron chi connectivity index (χ1n) is 5.24. The van der Waals surface area contributed by atoms with E-state index in [2.05, 4.69) is 0 Å². The van der Waals surface area contributed by atoms with Crippen molar-refractivity contribution >= 4 is 16.0 Å². The van der Waals surface area contributed by atoms with Crippen LogP contribution in [0.5, 0.6) is 0 Å². The summed E-state index contributed by atoms with van der Waals surface area (Å²) in [6, 6.07) is 0. The number of carbonyl (C=O) groups is 1. The van der Waals surface area contributed by atoms with Crippen LogP contribution in [0.15, 0.2) is 0 Å². The van der Waals surface area contributed by atoms with Gasteiger partial charge < -0.3 is 5.11 Å². The van der Waals surface area contributed by atoms with Gasteiger partial charge in [-0.15, -0.1) is 0 Å². The summed E-state index contributed by atoms with van der Waals surface area (Å²) in [7, 11) is -3.41. The van der Waals surface area contributed by atoms with E-state index in [0.29, 0.717) is 13.0 Å². The van der Waals surface area contributed by atoms with Gasteiger partial charge in [-0.2, -0.15) is 0 Å². The van der Waals surface area contributed by atoms with Crippen LogP contribution in [0.4, 0.5) is 0 Å². The molecule has 5 nitrogen and oxygen atoms in total. The van der Waals surface area contributed by atoms with E-state index in [4.69, 9.17) is 5.11 Å². The van der Waals surface area contributed by atoms with Crippen molar-refractivity contribution in [3.63, 3.8) is 0 Å². The van der Waals surface area contributed by atoms with Crippen LogP contribution in [0, 0.1) is 5.41 Å². The minimum atomic E-state index is -3.41. The molecule has 1 heterocycles. The van der Waals surface area contributed by atoms with Gasteiger partial charge in [0.1, 0.15) is 0 Å². The predicted molar refractivity (Wildman–Crippen MR) is 60.6 cm³/mol. The quantitative estimate of drug-likeness (QED) is 0.789. The summed E-state index contributed by atoms with van der Waals surface area (Å²) in [5, 5.41) is 9.04. The highest BCUT2D eigenvalue weighted by molar-refractivity contribution is 7.90. The normalized spacial score (nSPS) is 28.2. The van der Waals surface area contributed by atoms with E-state index in [1.165, 1.54) is 4.31 Å². The fraction of sp³-hybridized carbons (Fsp3) is 0.900. The lowest BCUT2D eigenvalue weighted by atomic mass is 9.90. The number of carboxylic acids is 1. The number of aliphatic carboxylic acids is 1. The van der Waals surface area contributed by atoms with Gasteiger partial charge in [-0.05, 0) is 34.1 Å². The molecule has 1 saturated heterocycles. The molecule has 0 aliphatic carbocycles. The maximum absolute atomic E-state index is 12.1. The minimum absolute atomic E-state index is 0.0714. The zero-order valence-corrected chi connectivity index (χ0v) is 11.0. The molecule has 94 valence electrons. The zero-order chi connectivity index (χ0) is 12.8. The van der Waals surface area contributed by atoms with Gasteiger partial charge in [0.15, 0.2) is 0 Å². The first-order valence-corrected chi connectivity index (χ1v) is 6.68. The Labute approximate surface area is 96.5 Å². The lowest BCUT2D eigenvalue weighted by Gasteiger charge is -2.27. The molecule has 1 aliphatic heterocycles. The van der Waals surface area contributed by atoms with Crippen LogP contribution >= 0.6 is 0 Å². The second-order valence-electron chi connectivity index (χ2n) is 5.57. The summed E-state index contributed by atoms with van der Waals surface area (Å²) < 4.78 is 24.6. The lowest BCUT2D eigenvalue weighted by molar-refractivity contribution is -0.146. The highest BCUT2D eigenvalue weighted by atomic mass is 32.2. The third kappa shape index (κ3) is 2.08. The third-order valence-corrected chi connectivity index (χ3v) is 5.61. The van der Waals surface area contributed by atoms with E-state index < -0.39 is 26.2 Å². The Morgan fingerprint density at radius 3 is 2.19 bits per heavy atom. The van der Waals surface area contributed by atoms with Crippen LogP contribution in [-0.2, 0) is 14.8 Å². The summed E-state index contributed by atoms with van der Waals surface area (Å²) >= 11 is 0. The van der Waals surface area contributed by atoms with Gasteiger partial charge in [0, 0.05) is 13.1 Å². The van der Waals surface area contributed by atoms with Gasteiger partial charge in [-0.1, -0.05) is 0 Å². The van der Waals surface area contributed by atoms with Crippen molar-refractivity contribution in [2.24, 2.45) is 5.41 Å². The summed E-state index contributed by atoms with van der Waals surface area (Å²) in [6.45, 7) is 6.83. The highest BCUT2D eigenvalue weighted by Gasteiger charge is 2.47. The van der Waals surface area contributed by atoms with E-state index in [0.717, 1.165) is 0 Å². The lowest BCUT2D eigenvalue weighted by Crippen LogP contribution is -2.43. The zero-order valence-electron chi connectivity index (χ0n) is 10.1. The molecule has 0 saturated carbocycles. The largest absolute Gasteiger partial charge is 0.481 e. The van der Waals surface area contributed by atoms with Gasteiger partial charge in [-0.3, -0.25) is 4.79 Å². The Balaban J connectivity index is 2.95. The van der Waals surface area contributed by atoms with E-state index >= 15 is 0 Å². The number of sulfonamides is 1. The van der Waals surface area contributed by atoms with Gasteiger partial charge in [0.25, 0.3) is 0 Å². The van der Waals surface area contributed by atoms with Gasteiger partial charge in [0.05, 0.1) is 10.2 Å². The molecule has 0 amide bonds. The second kappa shape index (κ2) is 3.70. The summed E-state index contributed by atoms with van der Waals surface area (Å²) in [6.07, 6.45) is 0.373. The molecule has 1 rings (SSSR count). The maximum atomic E-state index is 12.1. The highest BCUT2D eigenvalue weighted by Crippen LogP contribution is 2.34. The second-order valence-corrected chi connectivity index (χ2v) is 8.26. The maximum Gasteiger partial charge on any atom is 0.310 e. The fourth-order valence-corrected chi connectivity index (χ4v) is 3.25. The van der Waals surface area contributed by atoms with Crippen molar-refractivity contribution < 1.29 is 18.3 Å². The molecule has 1 unspecified atom stereocenters. The molecule has 1 N–H and O–H groups in total. The Morgan fingerprint density at radius 2 is 1.88 bits per heavy atom. The van der Waals surface area contributed by atoms with E-state index in [-0.39, 0.29) is 6.54 Å². The van der Waals surface area contributed by atoms with Crippen LogP contribution in [0.1, 0.15) is 34.1 Å². The molecular weight excluding hydrogens is 230 g/mol. The molecule has 0 spiro atoms. The first kappa shape index (κ1) is 13.4. The van der Waals surface area contributed by atoms with Crippen molar-refractivity contribution in [2.75, 3.05) is 13.1 Å². The molecule has 0 aromatic heterocycles.